The number of halogens is 2. The molecule has 1 aromatic heterocycles. The van der Waals surface area contributed by atoms with Gasteiger partial charge >= 0.3 is 0 Å². The van der Waals surface area contributed by atoms with E-state index in [-0.39, 0.29) is 11.9 Å². The van der Waals surface area contributed by atoms with Crippen LogP contribution in [0.3, 0.4) is 0 Å². The average molecular weight is 397 g/mol. The molecular formula is C11H15Br2N3OS. The van der Waals surface area contributed by atoms with Gasteiger partial charge in [-0.05, 0) is 45.0 Å². The molecule has 1 unspecified atom stereocenters. The van der Waals surface area contributed by atoms with Gasteiger partial charge in [0.05, 0.1) is 14.7 Å². The number of carbonyl (C=O) groups excluding carboxylic acids is 1. The van der Waals surface area contributed by atoms with E-state index < -0.39 is 0 Å². The zero-order chi connectivity index (χ0) is 13.3. The highest BCUT2D eigenvalue weighted by atomic mass is 79.9. The Morgan fingerprint density at radius 2 is 2.28 bits per heavy atom. The Labute approximate surface area is 127 Å². The third-order valence-corrected chi connectivity index (χ3v) is 6.32. The summed E-state index contributed by atoms with van der Waals surface area (Å²) >= 11 is 8.28. The van der Waals surface area contributed by atoms with Crippen LogP contribution >= 0.6 is 43.2 Å². The molecule has 7 heteroatoms. The second-order valence-corrected chi connectivity index (χ2v) is 7.61. The number of rotatable bonds is 2. The van der Waals surface area contributed by atoms with Crippen LogP contribution in [0.2, 0.25) is 0 Å². The second kappa shape index (κ2) is 6.00. The van der Waals surface area contributed by atoms with Crippen molar-refractivity contribution in [3.05, 3.63) is 19.2 Å². The predicted octanol–water partition coefficient (Wildman–Crippen LogP) is 1.99. The van der Waals surface area contributed by atoms with E-state index in [4.69, 9.17) is 5.73 Å². The van der Waals surface area contributed by atoms with Crippen molar-refractivity contribution in [2.24, 2.45) is 5.73 Å². The van der Waals surface area contributed by atoms with Gasteiger partial charge in [0.1, 0.15) is 0 Å². The van der Waals surface area contributed by atoms with Crippen LogP contribution < -0.4 is 5.73 Å². The smallest absolute Gasteiger partial charge is 0.264 e. The fraction of sp³-hybridized carbons (Fsp3) is 0.545. The van der Waals surface area contributed by atoms with Crippen LogP contribution in [0.5, 0.6) is 0 Å². The summed E-state index contributed by atoms with van der Waals surface area (Å²) in [6.45, 7) is 2.99. The molecule has 0 radical (unpaired) electrons. The van der Waals surface area contributed by atoms with Gasteiger partial charge in [0.15, 0.2) is 0 Å². The molecule has 1 fully saturated rings. The molecule has 1 aliphatic rings. The summed E-state index contributed by atoms with van der Waals surface area (Å²) in [5.74, 6) is 0.0787. The minimum atomic E-state index is 0.0787. The van der Waals surface area contributed by atoms with Crippen molar-refractivity contribution in [1.29, 1.82) is 0 Å². The van der Waals surface area contributed by atoms with Crippen LogP contribution in [0.4, 0.5) is 0 Å². The van der Waals surface area contributed by atoms with Crippen molar-refractivity contribution in [3.8, 4) is 0 Å². The Bertz CT molecular complexity index is 432. The highest BCUT2D eigenvalue weighted by Crippen LogP contribution is 2.33. The summed E-state index contributed by atoms with van der Waals surface area (Å²) in [6, 6.07) is 1.97. The maximum absolute atomic E-state index is 12.5. The minimum Gasteiger partial charge on any atom is -0.331 e. The lowest BCUT2D eigenvalue weighted by Crippen LogP contribution is -2.56. The van der Waals surface area contributed by atoms with E-state index in [1.54, 1.807) is 0 Å². The van der Waals surface area contributed by atoms with E-state index in [0.29, 0.717) is 6.54 Å². The van der Waals surface area contributed by atoms with E-state index in [0.717, 1.165) is 32.8 Å². The molecule has 0 spiro atoms. The molecule has 0 bridgehead atoms. The first-order valence-corrected chi connectivity index (χ1v) is 8.07. The molecule has 1 saturated heterocycles. The van der Waals surface area contributed by atoms with Gasteiger partial charge in [0.25, 0.3) is 5.91 Å². The first-order valence-electron chi connectivity index (χ1n) is 5.67. The Morgan fingerprint density at radius 3 is 2.83 bits per heavy atom. The summed E-state index contributed by atoms with van der Waals surface area (Å²) in [7, 11) is 2.06. The second-order valence-electron chi connectivity index (χ2n) is 4.38. The summed E-state index contributed by atoms with van der Waals surface area (Å²) in [6.07, 6.45) is 0. The quantitative estimate of drug-likeness (QED) is 0.831. The van der Waals surface area contributed by atoms with Gasteiger partial charge in [-0.3, -0.25) is 4.79 Å². The van der Waals surface area contributed by atoms with Crippen LogP contribution in [-0.4, -0.2) is 55.0 Å². The van der Waals surface area contributed by atoms with Crippen molar-refractivity contribution in [2.45, 2.75) is 6.04 Å². The fourth-order valence-electron chi connectivity index (χ4n) is 2.07. The monoisotopic (exact) mass is 395 g/mol. The number of thiophene rings is 1. The zero-order valence-corrected chi connectivity index (χ0v) is 14.0. The normalized spacial score (nSPS) is 21.3. The predicted molar refractivity (Wildman–Crippen MR) is 81.1 cm³/mol. The Balaban J connectivity index is 2.17. The lowest BCUT2D eigenvalue weighted by atomic mass is 10.1. The molecule has 0 aromatic carbocycles. The number of carbonyl (C=O) groups is 1. The van der Waals surface area contributed by atoms with Crippen LogP contribution in [0.25, 0.3) is 0 Å². The molecule has 1 amide bonds. The van der Waals surface area contributed by atoms with Gasteiger partial charge in [-0.2, -0.15) is 0 Å². The standard InChI is InChI=1S/C11H15Br2N3OS/c1-15-2-3-16(7(5-14)6-15)11(17)9-4-8(12)10(13)18-9/h4,7H,2-3,5-6,14H2,1H3. The highest BCUT2D eigenvalue weighted by Gasteiger charge is 2.29. The molecule has 4 nitrogen and oxygen atoms in total. The van der Waals surface area contributed by atoms with Gasteiger partial charge in [0.2, 0.25) is 0 Å². The van der Waals surface area contributed by atoms with E-state index in [1.807, 2.05) is 11.0 Å². The van der Waals surface area contributed by atoms with Crippen molar-refractivity contribution in [1.82, 2.24) is 9.80 Å². The zero-order valence-electron chi connectivity index (χ0n) is 10.0. The number of nitrogens with two attached hydrogens (primary N) is 1. The molecule has 18 heavy (non-hydrogen) atoms. The van der Waals surface area contributed by atoms with Gasteiger partial charge in [0, 0.05) is 30.7 Å². The van der Waals surface area contributed by atoms with E-state index >= 15 is 0 Å². The molecule has 100 valence electrons. The largest absolute Gasteiger partial charge is 0.331 e. The number of likely N-dealkylation sites (N-methyl/N-ethyl adjacent to an activating group) is 1. The summed E-state index contributed by atoms with van der Waals surface area (Å²) in [5, 5.41) is 0. The molecule has 0 aliphatic carbocycles. The van der Waals surface area contributed by atoms with Crippen molar-refractivity contribution in [2.75, 3.05) is 33.2 Å². The molecule has 1 aromatic rings. The van der Waals surface area contributed by atoms with Crippen LogP contribution in [-0.2, 0) is 0 Å². The number of hydrogen-bond acceptors (Lipinski definition) is 4. The third-order valence-electron chi connectivity index (χ3n) is 3.07. The topological polar surface area (TPSA) is 49.6 Å². The van der Waals surface area contributed by atoms with Crippen LogP contribution in [0.1, 0.15) is 9.67 Å². The Kier molecular flexibility index (Phi) is 4.82. The van der Waals surface area contributed by atoms with Crippen molar-refractivity contribution in [3.63, 3.8) is 0 Å². The number of piperazine rings is 1. The summed E-state index contributed by atoms with van der Waals surface area (Å²) in [4.78, 5) is 17.3. The van der Waals surface area contributed by atoms with E-state index in [2.05, 4.69) is 43.8 Å². The Hall–Kier alpha value is 0.0500. The number of nitrogens with zero attached hydrogens (tertiary/aromatic N) is 2. The molecule has 1 aliphatic heterocycles. The summed E-state index contributed by atoms with van der Waals surface area (Å²) in [5.41, 5.74) is 5.77. The summed E-state index contributed by atoms with van der Waals surface area (Å²) < 4.78 is 1.87. The van der Waals surface area contributed by atoms with Gasteiger partial charge in [-0.15, -0.1) is 11.3 Å². The highest BCUT2D eigenvalue weighted by molar-refractivity contribution is 9.13. The maximum atomic E-state index is 12.5. The van der Waals surface area contributed by atoms with Crippen molar-refractivity contribution < 1.29 is 4.79 Å². The average Bonchev–Trinajstić information content (AvgIpc) is 2.68. The molecule has 2 rings (SSSR count). The number of hydrogen-bond donors (Lipinski definition) is 1. The lowest BCUT2D eigenvalue weighted by molar-refractivity contribution is 0.0521. The van der Waals surface area contributed by atoms with Crippen LogP contribution in [0.15, 0.2) is 14.3 Å². The molecule has 2 N–H and O–H groups in total. The Morgan fingerprint density at radius 1 is 1.56 bits per heavy atom. The molecular weight excluding hydrogens is 382 g/mol. The molecule has 0 saturated carbocycles. The minimum absolute atomic E-state index is 0.0787. The third kappa shape index (κ3) is 2.96. The van der Waals surface area contributed by atoms with Gasteiger partial charge < -0.3 is 15.5 Å². The van der Waals surface area contributed by atoms with Crippen molar-refractivity contribution >= 4 is 49.1 Å². The lowest BCUT2D eigenvalue weighted by Gasteiger charge is -2.39. The van der Waals surface area contributed by atoms with E-state index in [9.17, 15) is 4.79 Å². The maximum Gasteiger partial charge on any atom is 0.264 e. The number of amides is 1. The first-order chi connectivity index (χ1) is 8.52. The SMILES string of the molecule is CN1CCN(C(=O)c2cc(Br)c(Br)s2)C(CN)C1. The first kappa shape index (κ1) is 14.5. The molecule has 2 heterocycles. The fourth-order valence-corrected chi connectivity index (χ4v) is 4.07. The van der Waals surface area contributed by atoms with Crippen LogP contribution in [0, 0.1) is 0 Å². The van der Waals surface area contributed by atoms with E-state index in [1.165, 1.54) is 11.3 Å². The van der Waals surface area contributed by atoms with Gasteiger partial charge in [-0.1, -0.05) is 0 Å². The van der Waals surface area contributed by atoms with Gasteiger partial charge in [-0.25, -0.2) is 0 Å². The molecule has 1 atom stereocenters.